The molecule has 2 aromatic carbocycles. The molecule has 4 aromatic heterocycles. The first kappa shape index (κ1) is 21.7. The summed E-state index contributed by atoms with van der Waals surface area (Å²) in [5.41, 5.74) is 1.98. The number of fused-ring (bicyclic) bond motifs is 7. The number of hydrogen-bond acceptors (Lipinski definition) is 7. The van der Waals surface area contributed by atoms with E-state index < -0.39 is 5.82 Å². The maximum atomic E-state index is 15.0. The summed E-state index contributed by atoms with van der Waals surface area (Å²) in [5.74, 6) is 2.88. The van der Waals surface area contributed by atoms with Crippen LogP contribution in [0.4, 0.5) is 10.2 Å². The van der Waals surface area contributed by atoms with Crippen LogP contribution >= 0.6 is 11.3 Å². The number of hydrogen-bond donors (Lipinski definition) is 3. The minimum Gasteiger partial charge on any atom is -0.354 e. The molecule has 2 atom stereocenters. The molecule has 0 aliphatic carbocycles. The highest BCUT2D eigenvalue weighted by molar-refractivity contribution is 7.26. The first-order valence-electron chi connectivity index (χ1n) is 12.5. The maximum Gasteiger partial charge on any atom is 0.347 e. The van der Waals surface area contributed by atoms with E-state index in [4.69, 9.17) is 11.4 Å². The fourth-order valence-electron chi connectivity index (χ4n) is 6.26. The molecule has 0 amide bonds. The van der Waals surface area contributed by atoms with Gasteiger partial charge in [-0.2, -0.15) is 10.1 Å². The molecule has 2 saturated heterocycles. The van der Waals surface area contributed by atoms with Gasteiger partial charge in [0.05, 0.1) is 33.1 Å². The van der Waals surface area contributed by atoms with E-state index >= 15 is 0 Å². The van der Waals surface area contributed by atoms with Gasteiger partial charge in [-0.15, -0.1) is 17.8 Å². The number of H-pyrrole nitrogens is 2. The van der Waals surface area contributed by atoms with Crippen LogP contribution in [0.3, 0.4) is 0 Å². The fraction of sp³-hybridized carbons (Fsp3) is 0.214. The number of thiophene rings is 1. The van der Waals surface area contributed by atoms with Gasteiger partial charge in [0, 0.05) is 53.1 Å². The first-order valence-corrected chi connectivity index (χ1v) is 13.3. The number of pyridine rings is 1. The van der Waals surface area contributed by atoms with Crippen molar-refractivity contribution in [2.45, 2.75) is 24.9 Å². The summed E-state index contributed by atoms with van der Waals surface area (Å²) in [5, 5.41) is 15.0. The summed E-state index contributed by atoms with van der Waals surface area (Å²) in [7, 11) is 0. The van der Waals surface area contributed by atoms with E-state index in [-0.39, 0.29) is 11.3 Å². The molecule has 10 heteroatoms. The molecule has 0 radical (unpaired) electrons. The summed E-state index contributed by atoms with van der Waals surface area (Å²) in [4.78, 5) is 27.8. The molecule has 186 valence electrons. The van der Waals surface area contributed by atoms with Gasteiger partial charge in [0.1, 0.15) is 16.5 Å². The van der Waals surface area contributed by atoms with Crippen molar-refractivity contribution in [3.05, 3.63) is 58.5 Å². The van der Waals surface area contributed by atoms with Gasteiger partial charge in [-0.3, -0.25) is 15.1 Å². The van der Waals surface area contributed by atoms with Crippen LogP contribution in [-0.2, 0) is 0 Å². The van der Waals surface area contributed by atoms with Crippen LogP contribution in [0.15, 0.2) is 41.5 Å². The predicted molar refractivity (Wildman–Crippen MR) is 148 cm³/mol. The molecule has 2 aliphatic heterocycles. The number of nitrogens with zero attached hydrogens (tertiary/aromatic N) is 4. The Morgan fingerprint density at radius 2 is 1.97 bits per heavy atom. The van der Waals surface area contributed by atoms with Crippen molar-refractivity contribution < 1.29 is 4.39 Å². The SMILES string of the molecule is C#Cc1c(F)ccc2cc3[nH]ncc3c(-c3nccc4c3sc3nc(=O)[nH]c(N5CC6CCC(C5)N6)c34)c12. The molecule has 6 heterocycles. The smallest absolute Gasteiger partial charge is 0.347 e. The lowest BCUT2D eigenvalue weighted by molar-refractivity contribution is 0.464. The quantitative estimate of drug-likeness (QED) is 0.294. The van der Waals surface area contributed by atoms with E-state index in [0.717, 1.165) is 63.5 Å². The third kappa shape index (κ3) is 3.00. The molecule has 0 spiro atoms. The van der Waals surface area contributed by atoms with E-state index in [1.165, 1.54) is 17.4 Å². The molecule has 0 saturated carbocycles. The third-order valence-corrected chi connectivity index (χ3v) is 8.95. The summed E-state index contributed by atoms with van der Waals surface area (Å²) in [6, 6.07) is 7.80. The largest absolute Gasteiger partial charge is 0.354 e. The second-order valence-electron chi connectivity index (χ2n) is 10.00. The van der Waals surface area contributed by atoms with Crippen LogP contribution < -0.4 is 15.9 Å². The van der Waals surface area contributed by atoms with Crippen LogP contribution in [0.2, 0.25) is 0 Å². The number of aromatic amines is 2. The molecule has 8 nitrogen and oxygen atoms in total. The van der Waals surface area contributed by atoms with E-state index in [1.54, 1.807) is 18.5 Å². The number of anilines is 1. The fourth-order valence-corrected chi connectivity index (χ4v) is 7.43. The zero-order valence-corrected chi connectivity index (χ0v) is 20.8. The highest BCUT2D eigenvalue weighted by atomic mass is 32.1. The monoisotopic (exact) mass is 521 g/mol. The first-order chi connectivity index (χ1) is 18.6. The molecule has 2 bridgehead atoms. The second-order valence-corrected chi connectivity index (χ2v) is 11.0. The molecular formula is C28H20FN7OS. The van der Waals surface area contributed by atoms with Crippen molar-refractivity contribution in [2.75, 3.05) is 18.0 Å². The van der Waals surface area contributed by atoms with Crippen molar-refractivity contribution in [1.29, 1.82) is 0 Å². The van der Waals surface area contributed by atoms with Gasteiger partial charge in [0.25, 0.3) is 0 Å². The van der Waals surface area contributed by atoms with Crippen molar-refractivity contribution in [3.8, 4) is 23.6 Å². The average Bonchev–Trinajstić information content (AvgIpc) is 3.63. The van der Waals surface area contributed by atoms with Gasteiger partial charge < -0.3 is 10.2 Å². The highest BCUT2D eigenvalue weighted by Crippen LogP contribution is 2.45. The van der Waals surface area contributed by atoms with Crippen LogP contribution in [-0.4, -0.2) is 50.3 Å². The number of benzene rings is 2. The summed E-state index contributed by atoms with van der Waals surface area (Å²) in [6.45, 7) is 1.65. The Balaban J connectivity index is 1.47. The van der Waals surface area contributed by atoms with Crippen LogP contribution in [0, 0.1) is 18.2 Å². The van der Waals surface area contributed by atoms with Crippen molar-refractivity contribution in [3.63, 3.8) is 0 Å². The second kappa shape index (κ2) is 7.84. The Hall–Kier alpha value is -4.33. The Kier molecular flexibility index (Phi) is 4.48. The standard InChI is InChI=1S/C28H20FN7OS/c1-2-16-19(29)6-3-13-9-20-18(10-31-35-20)22(21(13)16)24-25-17(7-8-30-24)23-26(33-28(37)34-27(23)38-25)36-11-14-4-5-15(12-36)32-14/h1,3,6-10,14-15,32H,4-5,11-12H2,(H,31,35)(H,33,34,37). The maximum absolute atomic E-state index is 15.0. The Bertz CT molecular complexity index is 2040. The van der Waals surface area contributed by atoms with E-state index in [0.29, 0.717) is 33.6 Å². The summed E-state index contributed by atoms with van der Waals surface area (Å²) < 4.78 is 15.8. The number of aromatic nitrogens is 5. The molecular weight excluding hydrogens is 501 g/mol. The Labute approximate surface area is 218 Å². The molecule has 2 aliphatic rings. The van der Waals surface area contributed by atoms with Gasteiger partial charge in [-0.25, -0.2) is 9.18 Å². The zero-order chi connectivity index (χ0) is 25.5. The molecule has 3 N–H and O–H groups in total. The lowest BCUT2D eigenvalue weighted by atomic mass is 9.93. The van der Waals surface area contributed by atoms with E-state index in [2.05, 4.69) is 36.3 Å². The normalized spacial score (nSPS) is 19.2. The van der Waals surface area contributed by atoms with Gasteiger partial charge in [-0.05, 0) is 36.4 Å². The molecule has 2 unspecified atom stereocenters. The molecule has 2 fully saturated rings. The van der Waals surface area contributed by atoms with E-state index in [9.17, 15) is 9.18 Å². The van der Waals surface area contributed by atoms with Crippen molar-refractivity contribution in [2.24, 2.45) is 0 Å². The highest BCUT2D eigenvalue weighted by Gasteiger charge is 2.34. The Morgan fingerprint density at radius 1 is 1.13 bits per heavy atom. The summed E-state index contributed by atoms with van der Waals surface area (Å²) in [6.07, 6.45) is 11.5. The third-order valence-electron chi connectivity index (χ3n) is 7.84. The zero-order valence-electron chi connectivity index (χ0n) is 20.0. The van der Waals surface area contributed by atoms with Crippen LogP contribution in [0.1, 0.15) is 18.4 Å². The van der Waals surface area contributed by atoms with Gasteiger partial charge in [-0.1, -0.05) is 12.0 Å². The molecule has 38 heavy (non-hydrogen) atoms. The number of piperazine rings is 1. The average molecular weight is 522 g/mol. The number of nitrogens with one attached hydrogen (secondary N) is 3. The lowest BCUT2D eigenvalue weighted by Gasteiger charge is -2.34. The minimum atomic E-state index is -0.463. The predicted octanol–water partition coefficient (Wildman–Crippen LogP) is 4.29. The number of rotatable bonds is 2. The molecule has 8 rings (SSSR count). The Morgan fingerprint density at radius 3 is 2.79 bits per heavy atom. The van der Waals surface area contributed by atoms with Crippen LogP contribution in [0.5, 0.6) is 0 Å². The van der Waals surface area contributed by atoms with Crippen molar-refractivity contribution in [1.82, 2.24) is 30.5 Å². The van der Waals surface area contributed by atoms with Gasteiger partial charge >= 0.3 is 5.69 Å². The lowest BCUT2D eigenvalue weighted by Crippen LogP contribution is -2.51. The van der Waals surface area contributed by atoms with Gasteiger partial charge in [0.2, 0.25) is 0 Å². The minimum absolute atomic E-state index is 0.186. The topological polar surface area (TPSA) is 103 Å². The number of halogens is 1. The van der Waals surface area contributed by atoms with Crippen molar-refractivity contribution >= 4 is 59.1 Å². The van der Waals surface area contributed by atoms with Crippen LogP contribution in [0.25, 0.3) is 53.2 Å². The van der Waals surface area contributed by atoms with E-state index in [1.807, 2.05) is 12.1 Å². The van der Waals surface area contributed by atoms with Gasteiger partial charge in [0.15, 0.2) is 0 Å². The summed E-state index contributed by atoms with van der Waals surface area (Å²) >= 11 is 1.42. The number of terminal acetylenes is 1. The molecule has 6 aromatic rings.